The number of hydrogen-bond donors (Lipinski definition) is 0. The zero-order chi connectivity index (χ0) is 17.7. The molecule has 0 aliphatic carbocycles. The molecule has 0 radical (unpaired) electrons. The first kappa shape index (κ1) is 18.1. The highest BCUT2D eigenvalue weighted by Gasteiger charge is 2.18. The zero-order valence-electron chi connectivity index (χ0n) is 13.9. The molecule has 24 heavy (non-hydrogen) atoms. The van der Waals surface area contributed by atoms with Gasteiger partial charge in [-0.15, -0.1) is 0 Å². The van der Waals surface area contributed by atoms with Gasteiger partial charge in [0, 0.05) is 26.6 Å². The molecular formula is C17H20ClNO5. The van der Waals surface area contributed by atoms with Crippen molar-refractivity contribution >= 4 is 29.6 Å². The number of likely N-dealkylation sites (N-methyl/N-ethyl adjacent to an activating group) is 1. The zero-order valence-corrected chi connectivity index (χ0v) is 14.6. The largest absolute Gasteiger partial charge is 0.489 e. The standard InChI is InChI=1S/C17H20ClNO5/c1-11(17(21)19(2)3)24-15(20)6-5-12-9-13(18)16-14(10-12)22-7-4-8-23-16/h5-6,9-11H,4,7-8H2,1-3H3/b6-5+/t11-/m1/s1. The van der Waals surface area contributed by atoms with E-state index in [1.807, 2.05) is 0 Å². The van der Waals surface area contributed by atoms with Crippen LogP contribution in [0, 0.1) is 0 Å². The number of halogens is 1. The van der Waals surface area contributed by atoms with Gasteiger partial charge in [0.2, 0.25) is 0 Å². The average Bonchev–Trinajstić information content (AvgIpc) is 2.77. The molecule has 1 amide bonds. The summed E-state index contributed by atoms with van der Waals surface area (Å²) in [5.41, 5.74) is 0.674. The minimum atomic E-state index is -0.843. The molecule has 0 N–H and O–H groups in total. The molecule has 0 saturated carbocycles. The van der Waals surface area contributed by atoms with Crippen molar-refractivity contribution in [3.05, 3.63) is 28.8 Å². The van der Waals surface area contributed by atoms with Gasteiger partial charge >= 0.3 is 5.97 Å². The SMILES string of the molecule is C[C@@H](OC(=O)/C=C/c1cc(Cl)c2c(c1)OCCCO2)C(=O)N(C)C. The van der Waals surface area contributed by atoms with Crippen molar-refractivity contribution < 1.29 is 23.8 Å². The average molecular weight is 354 g/mol. The van der Waals surface area contributed by atoms with Gasteiger partial charge < -0.3 is 19.1 Å². The quantitative estimate of drug-likeness (QED) is 0.614. The van der Waals surface area contributed by atoms with Crippen LogP contribution in [0.1, 0.15) is 18.9 Å². The summed E-state index contributed by atoms with van der Waals surface area (Å²) in [5.74, 6) is 0.166. The molecule has 2 rings (SSSR count). The second-order valence-electron chi connectivity index (χ2n) is 5.53. The van der Waals surface area contributed by atoms with E-state index in [0.29, 0.717) is 35.3 Å². The van der Waals surface area contributed by atoms with E-state index in [1.54, 1.807) is 32.3 Å². The third-order valence-electron chi connectivity index (χ3n) is 3.32. The lowest BCUT2D eigenvalue weighted by Gasteiger charge is -2.16. The number of hydrogen-bond acceptors (Lipinski definition) is 5. The Morgan fingerprint density at radius 1 is 1.29 bits per heavy atom. The Bertz CT molecular complexity index is 657. The summed E-state index contributed by atoms with van der Waals surface area (Å²) in [6.07, 6.45) is 2.73. The molecule has 1 aliphatic heterocycles. The first-order valence-corrected chi connectivity index (χ1v) is 7.95. The summed E-state index contributed by atoms with van der Waals surface area (Å²) in [6, 6.07) is 3.41. The minimum absolute atomic E-state index is 0.282. The summed E-state index contributed by atoms with van der Waals surface area (Å²) < 4.78 is 16.2. The van der Waals surface area contributed by atoms with Crippen molar-refractivity contribution in [2.45, 2.75) is 19.4 Å². The molecule has 6 nitrogen and oxygen atoms in total. The number of esters is 1. The monoisotopic (exact) mass is 353 g/mol. The number of amides is 1. The molecule has 0 bridgehead atoms. The van der Waals surface area contributed by atoms with Crippen LogP contribution in [-0.2, 0) is 14.3 Å². The van der Waals surface area contributed by atoms with Crippen LogP contribution in [0.4, 0.5) is 0 Å². The van der Waals surface area contributed by atoms with Crippen molar-refractivity contribution in [1.29, 1.82) is 0 Å². The van der Waals surface area contributed by atoms with Gasteiger partial charge in [0.05, 0.1) is 18.2 Å². The van der Waals surface area contributed by atoms with Gasteiger partial charge in [0.1, 0.15) is 0 Å². The third kappa shape index (κ3) is 4.64. The molecule has 130 valence electrons. The fraction of sp³-hybridized carbons (Fsp3) is 0.412. The van der Waals surface area contributed by atoms with Crippen LogP contribution < -0.4 is 9.47 Å². The third-order valence-corrected chi connectivity index (χ3v) is 3.60. The lowest BCUT2D eigenvalue weighted by molar-refractivity contribution is -0.153. The number of benzene rings is 1. The molecule has 0 saturated heterocycles. The maximum Gasteiger partial charge on any atom is 0.331 e. The van der Waals surface area contributed by atoms with Crippen LogP contribution in [0.25, 0.3) is 6.08 Å². The van der Waals surface area contributed by atoms with Crippen molar-refractivity contribution in [1.82, 2.24) is 4.90 Å². The Labute approximate surface area is 145 Å². The van der Waals surface area contributed by atoms with Gasteiger partial charge in [-0.2, -0.15) is 0 Å². The summed E-state index contributed by atoms with van der Waals surface area (Å²) >= 11 is 6.19. The van der Waals surface area contributed by atoms with E-state index in [0.717, 1.165) is 6.42 Å². The Balaban J connectivity index is 2.06. The van der Waals surface area contributed by atoms with Crippen LogP contribution >= 0.6 is 11.6 Å². The summed E-state index contributed by atoms with van der Waals surface area (Å²) in [5, 5.41) is 0.415. The minimum Gasteiger partial charge on any atom is -0.489 e. The number of fused-ring (bicyclic) bond motifs is 1. The maximum atomic E-state index is 11.8. The van der Waals surface area contributed by atoms with E-state index < -0.39 is 12.1 Å². The van der Waals surface area contributed by atoms with Crippen LogP contribution in [0.15, 0.2) is 18.2 Å². The van der Waals surface area contributed by atoms with Gasteiger partial charge in [-0.25, -0.2) is 4.79 Å². The van der Waals surface area contributed by atoms with Gasteiger partial charge in [-0.1, -0.05) is 11.6 Å². The smallest absolute Gasteiger partial charge is 0.331 e. The van der Waals surface area contributed by atoms with E-state index in [9.17, 15) is 9.59 Å². The van der Waals surface area contributed by atoms with E-state index in [2.05, 4.69) is 0 Å². The van der Waals surface area contributed by atoms with E-state index in [-0.39, 0.29) is 5.91 Å². The first-order valence-electron chi connectivity index (χ1n) is 7.57. The second-order valence-corrected chi connectivity index (χ2v) is 5.93. The molecule has 1 atom stereocenters. The predicted molar refractivity (Wildman–Crippen MR) is 90.3 cm³/mol. The lowest BCUT2D eigenvalue weighted by Crippen LogP contribution is -2.34. The molecule has 1 aromatic rings. The number of carbonyl (C=O) groups is 2. The van der Waals surface area contributed by atoms with E-state index >= 15 is 0 Å². The van der Waals surface area contributed by atoms with Crippen LogP contribution in [-0.4, -0.2) is 50.2 Å². The van der Waals surface area contributed by atoms with Gasteiger partial charge in [-0.3, -0.25) is 4.79 Å². The van der Waals surface area contributed by atoms with Crippen LogP contribution in [0.5, 0.6) is 11.5 Å². The Kier molecular flexibility index (Phi) is 6.09. The molecular weight excluding hydrogens is 334 g/mol. The lowest BCUT2D eigenvalue weighted by atomic mass is 10.2. The van der Waals surface area contributed by atoms with Crippen molar-refractivity contribution in [3.8, 4) is 11.5 Å². The van der Waals surface area contributed by atoms with Gasteiger partial charge in [0.15, 0.2) is 17.6 Å². The predicted octanol–water partition coefficient (Wildman–Crippen LogP) is 2.53. The van der Waals surface area contributed by atoms with E-state index in [1.165, 1.54) is 17.9 Å². The fourth-order valence-corrected chi connectivity index (χ4v) is 2.41. The highest BCUT2D eigenvalue weighted by Crippen LogP contribution is 2.38. The molecule has 0 unspecified atom stereocenters. The molecule has 1 aromatic carbocycles. The Morgan fingerprint density at radius 2 is 2.00 bits per heavy atom. The Morgan fingerprint density at radius 3 is 2.71 bits per heavy atom. The molecule has 1 heterocycles. The van der Waals surface area contributed by atoms with Crippen LogP contribution in [0.2, 0.25) is 5.02 Å². The van der Waals surface area contributed by atoms with Crippen molar-refractivity contribution in [2.24, 2.45) is 0 Å². The summed E-state index contributed by atoms with van der Waals surface area (Å²) in [7, 11) is 3.20. The molecule has 1 aliphatic rings. The highest BCUT2D eigenvalue weighted by molar-refractivity contribution is 6.32. The first-order chi connectivity index (χ1) is 11.4. The van der Waals surface area contributed by atoms with Gasteiger partial charge in [0.25, 0.3) is 5.91 Å². The number of carbonyl (C=O) groups excluding carboxylic acids is 2. The maximum absolute atomic E-state index is 11.8. The molecule has 0 aromatic heterocycles. The Hall–Kier alpha value is -2.21. The van der Waals surface area contributed by atoms with Crippen molar-refractivity contribution in [3.63, 3.8) is 0 Å². The molecule has 7 heteroatoms. The summed E-state index contributed by atoms with van der Waals surface area (Å²) in [4.78, 5) is 24.8. The fourth-order valence-electron chi connectivity index (χ4n) is 2.14. The summed E-state index contributed by atoms with van der Waals surface area (Å²) in [6.45, 7) is 2.62. The normalized spacial score (nSPS) is 14.8. The van der Waals surface area contributed by atoms with Crippen LogP contribution in [0.3, 0.4) is 0 Å². The molecule has 0 fully saturated rings. The van der Waals surface area contributed by atoms with E-state index in [4.69, 9.17) is 25.8 Å². The topological polar surface area (TPSA) is 65.1 Å². The number of nitrogens with zero attached hydrogens (tertiary/aromatic N) is 1. The number of ether oxygens (including phenoxy) is 3. The van der Waals surface area contributed by atoms with Gasteiger partial charge in [-0.05, 0) is 30.7 Å². The molecule has 0 spiro atoms. The van der Waals surface area contributed by atoms with Crippen molar-refractivity contribution in [2.75, 3.05) is 27.3 Å². The highest BCUT2D eigenvalue weighted by atomic mass is 35.5. The number of rotatable bonds is 4. The second kappa shape index (κ2) is 8.06.